The number of carbonyl (C=O) groups is 1. The van der Waals surface area contributed by atoms with Crippen molar-refractivity contribution >= 4 is 38.5 Å². The molecule has 1 atom stereocenters. The average Bonchev–Trinajstić information content (AvgIpc) is 3.16. The predicted octanol–water partition coefficient (Wildman–Crippen LogP) is 5.47. The number of ether oxygens (including phenoxy) is 3. The lowest BCUT2D eigenvalue weighted by Gasteiger charge is -2.26. The van der Waals surface area contributed by atoms with Gasteiger partial charge in [-0.3, -0.25) is 14.5 Å². The van der Waals surface area contributed by atoms with Gasteiger partial charge in [-0.05, 0) is 60.2 Å². The largest absolute Gasteiger partial charge is 0.493 e. The Labute approximate surface area is 207 Å². The van der Waals surface area contributed by atoms with Crippen LogP contribution in [0.1, 0.15) is 27.7 Å². The van der Waals surface area contributed by atoms with Crippen molar-refractivity contribution in [2.24, 2.45) is 0 Å². The van der Waals surface area contributed by atoms with Gasteiger partial charge >= 0.3 is 0 Å². The molecule has 0 N–H and O–H groups in total. The van der Waals surface area contributed by atoms with Crippen LogP contribution in [0.25, 0.3) is 11.0 Å². The highest BCUT2D eigenvalue weighted by atomic mass is 79.9. The molecular formula is C26H19BrFNO6. The highest BCUT2D eigenvalue weighted by molar-refractivity contribution is 9.10. The summed E-state index contributed by atoms with van der Waals surface area (Å²) in [5, 5.41) is 0.0478. The van der Waals surface area contributed by atoms with Gasteiger partial charge in [0.15, 0.2) is 16.9 Å². The third kappa shape index (κ3) is 3.63. The van der Waals surface area contributed by atoms with Crippen LogP contribution in [0.15, 0.2) is 68.3 Å². The molecule has 9 heteroatoms. The van der Waals surface area contributed by atoms with Crippen LogP contribution in [0.3, 0.4) is 0 Å². The normalized spacial score (nSPS) is 14.8. The molecule has 1 aliphatic rings. The molecule has 1 aromatic heterocycles. The van der Waals surface area contributed by atoms with Gasteiger partial charge in [0.25, 0.3) is 5.91 Å². The van der Waals surface area contributed by atoms with Crippen molar-refractivity contribution in [1.82, 2.24) is 0 Å². The number of amides is 1. The van der Waals surface area contributed by atoms with E-state index < -0.39 is 23.2 Å². The summed E-state index contributed by atoms with van der Waals surface area (Å²) < 4.78 is 37.2. The topological polar surface area (TPSA) is 78.2 Å². The smallest absolute Gasteiger partial charge is 0.295 e. The summed E-state index contributed by atoms with van der Waals surface area (Å²) in [7, 11) is 4.44. The standard InChI is InChI=1S/C26H19BrFNO6/c1-32-19-10-13(11-20(33-2)24(19)34-3)22-21-23(30)17-12-15(28)6-9-18(17)35-25(21)26(31)29(22)16-7-4-14(27)5-8-16/h4-12,22H,1-3H3. The second-order valence-corrected chi connectivity index (χ2v) is 8.74. The number of methoxy groups -OCH3 is 3. The summed E-state index contributed by atoms with van der Waals surface area (Å²) in [5.74, 6) is -0.0982. The molecule has 1 aliphatic heterocycles. The SMILES string of the molecule is COc1cc(C2c3c(oc4ccc(F)cc4c3=O)C(=O)N2c2ccc(Br)cc2)cc(OC)c1OC. The molecule has 0 spiro atoms. The Kier molecular flexibility index (Phi) is 5.72. The maximum atomic E-state index is 14.0. The Hall–Kier alpha value is -3.85. The van der Waals surface area contributed by atoms with Crippen molar-refractivity contribution in [2.75, 3.05) is 26.2 Å². The first-order valence-corrected chi connectivity index (χ1v) is 11.3. The van der Waals surface area contributed by atoms with E-state index in [2.05, 4.69) is 15.9 Å². The maximum absolute atomic E-state index is 14.0. The molecular weight excluding hydrogens is 521 g/mol. The minimum Gasteiger partial charge on any atom is -0.493 e. The summed E-state index contributed by atoms with van der Waals surface area (Å²) in [5.41, 5.74) is 0.804. The lowest BCUT2D eigenvalue weighted by molar-refractivity contribution is 0.0971. The first kappa shape index (κ1) is 22.9. The molecule has 1 unspecified atom stereocenters. The zero-order valence-corrected chi connectivity index (χ0v) is 20.5. The molecule has 2 heterocycles. The number of fused-ring (bicyclic) bond motifs is 2. The molecule has 0 fully saturated rings. The van der Waals surface area contributed by atoms with Crippen LogP contribution >= 0.6 is 15.9 Å². The van der Waals surface area contributed by atoms with Crippen molar-refractivity contribution in [1.29, 1.82) is 0 Å². The molecule has 35 heavy (non-hydrogen) atoms. The van der Waals surface area contributed by atoms with Crippen LogP contribution < -0.4 is 24.5 Å². The van der Waals surface area contributed by atoms with E-state index in [1.165, 1.54) is 38.4 Å². The van der Waals surface area contributed by atoms with E-state index in [1.54, 1.807) is 36.4 Å². The van der Waals surface area contributed by atoms with E-state index in [4.69, 9.17) is 18.6 Å². The Bertz CT molecular complexity index is 1510. The van der Waals surface area contributed by atoms with Gasteiger partial charge in [0.2, 0.25) is 11.5 Å². The summed E-state index contributed by atoms with van der Waals surface area (Å²) in [6.45, 7) is 0. The van der Waals surface area contributed by atoms with Crippen LogP contribution in [0.4, 0.5) is 10.1 Å². The van der Waals surface area contributed by atoms with Gasteiger partial charge in [-0.1, -0.05) is 15.9 Å². The predicted molar refractivity (Wildman–Crippen MR) is 131 cm³/mol. The van der Waals surface area contributed by atoms with E-state index in [0.717, 1.165) is 10.5 Å². The highest BCUT2D eigenvalue weighted by Crippen LogP contribution is 2.46. The fraction of sp³-hybridized carbons (Fsp3) is 0.154. The van der Waals surface area contributed by atoms with E-state index in [1.807, 2.05) is 0 Å². The average molecular weight is 540 g/mol. The summed E-state index contributed by atoms with van der Waals surface area (Å²) in [6, 6.07) is 13.2. The Morgan fingerprint density at radius 1 is 0.914 bits per heavy atom. The molecule has 5 rings (SSSR count). The van der Waals surface area contributed by atoms with Crippen molar-refractivity contribution in [2.45, 2.75) is 6.04 Å². The molecule has 3 aromatic carbocycles. The first-order chi connectivity index (χ1) is 16.9. The Morgan fingerprint density at radius 3 is 2.17 bits per heavy atom. The van der Waals surface area contributed by atoms with E-state index in [-0.39, 0.29) is 22.3 Å². The third-order valence-electron chi connectivity index (χ3n) is 5.94. The number of nitrogens with zero attached hydrogens (tertiary/aromatic N) is 1. The molecule has 0 radical (unpaired) electrons. The number of carbonyl (C=O) groups excluding carboxylic acids is 1. The van der Waals surface area contributed by atoms with Crippen molar-refractivity contribution in [3.8, 4) is 17.2 Å². The van der Waals surface area contributed by atoms with Crippen molar-refractivity contribution < 1.29 is 27.8 Å². The maximum Gasteiger partial charge on any atom is 0.295 e. The fourth-order valence-corrected chi connectivity index (χ4v) is 4.65. The molecule has 4 aromatic rings. The van der Waals surface area contributed by atoms with E-state index >= 15 is 0 Å². The number of hydrogen-bond acceptors (Lipinski definition) is 6. The second kappa shape index (κ2) is 8.74. The van der Waals surface area contributed by atoms with Crippen molar-refractivity contribution in [3.63, 3.8) is 0 Å². The van der Waals surface area contributed by atoms with Crippen LogP contribution in [-0.4, -0.2) is 27.2 Å². The molecule has 7 nitrogen and oxygen atoms in total. The van der Waals surface area contributed by atoms with Gasteiger partial charge in [-0.25, -0.2) is 4.39 Å². The third-order valence-corrected chi connectivity index (χ3v) is 6.47. The van der Waals surface area contributed by atoms with E-state index in [9.17, 15) is 14.0 Å². The summed E-state index contributed by atoms with van der Waals surface area (Å²) >= 11 is 3.40. The lowest BCUT2D eigenvalue weighted by Crippen LogP contribution is -2.29. The molecule has 0 bridgehead atoms. The van der Waals surface area contributed by atoms with Gasteiger partial charge in [-0.2, -0.15) is 0 Å². The van der Waals surface area contributed by atoms with Gasteiger partial charge in [0.05, 0.1) is 38.3 Å². The van der Waals surface area contributed by atoms with E-state index in [0.29, 0.717) is 28.5 Å². The van der Waals surface area contributed by atoms with Crippen LogP contribution in [0.2, 0.25) is 0 Å². The lowest BCUT2D eigenvalue weighted by atomic mass is 9.97. The molecule has 0 saturated heterocycles. The van der Waals surface area contributed by atoms with Crippen molar-refractivity contribution in [3.05, 3.63) is 92.0 Å². The van der Waals surface area contributed by atoms with Gasteiger partial charge in [0.1, 0.15) is 11.4 Å². The summed E-state index contributed by atoms with van der Waals surface area (Å²) in [6.07, 6.45) is 0. The highest BCUT2D eigenvalue weighted by Gasteiger charge is 2.44. The summed E-state index contributed by atoms with van der Waals surface area (Å²) in [4.78, 5) is 28.8. The second-order valence-electron chi connectivity index (χ2n) is 7.83. The van der Waals surface area contributed by atoms with Gasteiger partial charge < -0.3 is 18.6 Å². The number of rotatable bonds is 5. The van der Waals surface area contributed by atoms with Gasteiger partial charge in [0, 0.05) is 10.2 Å². The minimum atomic E-state index is -0.892. The van der Waals surface area contributed by atoms with Crippen LogP contribution in [0, 0.1) is 5.82 Å². The zero-order chi connectivity index (χ0) is 24.9. The van der Waals surface area contributed by atoms with Crippen LogP contribution in [-0.2, 0) is 0 Å². The molecule has 0 saturated carbocycles. The Morgan fingerprint density at radius 2 is 1.57 bits per heavy atom. The number of hydrogen-bond donors (Lipinski definition) is 0. The van der Waals surface area contributed by atoms with Crippen LogP contribution in [0.5, 0.6) is 17.2 Å². The molecule has 178 valence electrons. The number of anilines is 1. The quantitative estimate of drug-likeness (QED) is 0.334. The Balaban J connectivity index is 1.84. The monoisotopic (exact) mass is 539 g/mol. The molecule has 1 amide bonds. The zero-order valence-electron chi connectivity index (χ0n) is 18.9. The molecule has 0 aliphatic carbocycles. The number of halogens is 2. The number of benzene rings is 3. The first-order valence-electron chi connectivity index (χ1n) is 10.5. The minimum absolute atomic E-state index is 0.0478. The fourth-order valence-electron chi connectivity index (χ4n) is 4.39. The van der Waals surface area contributed by atoms with Gasteiger partial charge in [-0.15, -0.1) is 0 Å².